The predicted octanol–water partition coefficient (Wildman–Crippen LogP) is 2.76. The van der Waals surface area contributed by atoms with Gasteiger partial charge in [0.05, 0.1) is 42.2 Å². The maximum atomic E-state index is 13.7. The number of ether oxygens (including phenoxy) is 2. The zero-order valence-electron chi connectivity index (χ0n) is 17.0. The lowest BCUT2D eigenvalue weighted by Crippen LogP contribution is -2.41. The van der Waals surface area contributed by atoms with Crippen LogP contribution in [0.15, 0.2) is 35.1 Å². The van der Waals surface area contributed by atoms with Crippen molar-refractivity contribution in [1.82, 2.24) is 14.7 Å². The molecule has 4 rings (SSSR count). The Balaban J connectivity index is 1.82. The van der Waals surface area contributed by atoms with Crippen molar-refractivity contribution >= 4 is 5.91 Å². The average Bonchev–Trinajstić information content (AvgIpc) is 3.34. The molecule has 2 aromatic rings. The number of benzene rings is 1. The third kappa shape index (κ3) is 4.22. The van der Waals surface area contributed by atoms with Gasteiger partial charge in [-0.3, -0.25) is 9.59 Å². The summed E-state index contributed by atoms with van der Waals surface area (Å²) in [7, 11) is 1.40. The zero-order valence-corrected chi connectivity index (χ0v) is 17.0. The molecule has 0 bridgehead atoms. The number of likely N-dealkylation sites (tertiary alicyclic amines) is 1. The Morgan fingerprint density at radius 1 is 1.12 bits per heavy atom. The van der Waals surface area contributed by atoms with E-state index < -0.39 is 58.5 Å². The summed E-state index contributed by atoms with van der Waals surface area (Å²) in [5.74, 6) is -1.37. The molecular formula is C20H17F6N3O4. The van der Waals surface area contributed by atoms with E-state index >= 15 is 0 Å². The van der Waals surface area contributed by atoms with Crippen molar-refractivity contribution in [3.8, 4) is 5.69 Å². The molecule has 33 heavy (non-hydrogen) atoms. The second-order valence-electron chi connectivity index (χ2n) is 7.70. The van der Waals surface area contributed by atoms with E-state index in [4.69, 9.17) is 9.47 Å². The molecule has 0 unspecified atom stereocenters. The number of carbonyl (C=O) groups is 1. The van der Waals surface area contributed by atoms with E-state index in [9.17, 15) is 35.9 Å². The van der Waals surface area contributed by atoms with Crippen LogP contribution in [0, 0.1) is 5.92 Å². The maximum Gasteiger partial charge on any atom is 0.418 e. The van der Waals surface area contributed by atoms with Crippen LogP contribution in [-0.2, 0) is 21.8 Å². The van der Waals surface area contributed by atoms with Crippen molar-refractivity contribution in [2.45, 2.75) is 24.5 Å². The van der Waals surface area contributed by atoms with Gasteiger partial charge in [0.1, 0.15) is 0 Å². The highest BCUT2D eigenvalue weighted by atomic mass is 19.4. The molecule has 13 heteroatoms. The van der Waals surface area contributed by atoms with Gasteiger partial charge in [0.25, 0.3) is 11.5 Å². The fourth-order valence-electron chi connectivity index (χ4n) is 4.15. The number of hydrogen-bond donors (Lipinski definition) is 0. The van der Waals surface area contributed by atoms with Crippen molar-refractivity contribution in [2.24, 2.45) is 5.92 Å². The van der Waals surface area contributed by atoms with Crippen LogP contribution in [-0.4, -0.2) is 59.6 Å². The van der Waals surface area contributed by atoms with Gasteiger partial charge >= 0.3 is 12.4 Å². The normalized spacial score (nSPS) is 23.1. The molecule has 1 aromatic heterocycles. The summed E-state index contributed by atoms with van der Waals surface area (Å²) in [5.41, 5.74) is -5.57. The van der Waals surface area contributed by atoms with E-state index in [1.165, 1.54) is 7.11 Å². The van der Waals surface area contributed by atoms with Crippen LogP contribution < -0.4 is 5.56 Å². The van der Waals surface area contributed by atoms with E-state index in [2.05, 4.69) is 5.10 Å². The molecule has 2 fully saturated rings. The minimum atomic E-state index is -5.10. The minimum absolute atomic E-state index is 0.0182. The number of aromatic nitrogens is 2. The molecule has 1 aromatic carbocycles. The maximum absolute atomic E-state index is 13.7. The van der Waals surface area contributed by atoms with Gasteiger partial charge in [-0.25, -0.2) is 0 Å². The van der Waals surface area contributed by atoms with Gasteiger partial charge in [0, 0.05) is 25.6 Å². The quantitative estimate of drug-likeness (QED) is 0.636. The monoisotopic (exact) mass is 477 g/mol. The van der Waals surface area contributed by atoms with Crippen molar-refractivity contribution in [3.63, 3.8) is 0 Å². The third-order valence-corrected chi connectivity index (χ3v) is 5.77. The number of carbonyl (C=O) groups excluding carboxylic acids is 1. The van der Waals surface area contributed by atoms with Gasteiger partial charge in [0.2, 0.25) is 0 Å². The number of nitrogens with zero attached hydrogens (tertiary/aromatic N) is 3. The number of fused-ring (bicyclic) bond motifs is 1. The molecule has 0 radical (unpaired) electrons. The fraction of sp³-hybridized carbons (Fsp3) is 0.450. The Labute approximate surface area is 182 Å². The van der Waals surface area contributed by atoms with Crippen LogP contribution in [0.2, 0.25) is 0 Å². The molecule has 2 saturated heterocycles. The van der Waals surface area contributed by atoms with Crippen LogP contribution >= 0.6 is 0 Å². The van der Waals surface area contributed by atoms with Gasteiger partial charge in [-0.15, -0.1) is 0 Å². The molecule has 178 valence electrons. The first-order valence-corrected chi connectivity index (χ1v) is 9.72. The number of hydrogen-bond acceptors (Lipinski definition) is 5. The molecule has 3 heterocycles. The fourth-order valence-corrected chi connectivity index (χ4v) is 4.15. The molecule has 3 atom stereocenters. The predicted molar refractivity (Wildman–Crippen MR) is 99.8 cm³/mol. The van der Waals surface area contributed by atoms with Gasteiger partial charge in [-0.05, 0) is 18.2 Å². The highest BCUT2D eigenvalue weighted by Crippen LogP contribution is 2.36. The summed E-state index contributed by atoms with van der Waals surface area (Å²) >= 11 is 0. The first-order valence-electron chi connectivity index (χ1n) is 9.72. The Bertz CT molecular complexity index is 1130. The standard InChI is InChI=1S/C20H17F6N3O4/c1-32-15-7-28(14-9-33-8-12(14)15)18(31)17-13(20(24,25)26)6-16(30)29(27-17)11-4-2-3-10(5-11)19(21,22)23/h2-6,12,14-15H,7-9H2,1H3/t12-,14+,15-/m1/s1. The van der Waals surface area contributed by atoms with Crippen LogP contribution in [0.4, 0.5) is 26.3 Å². The van der Waals surface area contributed by atoms with Crippen molar-refractivity contribution in [1.29, 1.82) is 0 Å². The first-order chi connectivity index (χ1) is 15.4. The van der Waals surface area contributed by atoms with Crippen LogP contribution in [0.5, 0.6) is 0 Å². The Kier molecular flexibility index (Phi) is 5.73. The number of amides is 1. The summed E-state index contributed by atoms with van der Waals surface area (Å²) in [6.45, 7) is 0.330. The summed E-state index contributed by atoms with van der Waals surface area (Å²) in [6.07, 6.45) is -10.3. The molecule has 1 amide bonds. The lowest BCUT2D eigenvalue weighted by atomic mass is 10.0. The van der Waals surface area contributed by atoms with Crippen molar-refractivity contribution in [3.05, 3.63) is 57.5 Å². The number of alkyl halides is 6. The van der Waals surface area contributed by atoms with Gasteiger partial charge in [0.15, 0.2) is 5.69 Å². The second-order valence-corrected chi connectivity index (χ2v) is 7.70. The van der Waals surface area contributed by atoms with Crippen LogP contribution in [0.1, 0.15) is 21.6 Å². The van der Waals surface area contributed by atoms with Gasteiger partial charge < -0.3 is 14.4 Å². The molecule has 0 spiro atoms. The number of methoxy groups -OCH3 is 1. The molecule has 2 aliphatic rings. The Morgan fingerprint density at radius 2 is 1.85 bits per heavy atom. The summed E-state index contributed by atoms with van der Waals surface area (Å²) in [4.78, 5) is 26.7. The minimum Gasteiger partial charge on any atom is -0.379 e. The Hall–Kier alpha value is -2.93. The van der Waals surface area contributed by atoms with Gasteiger partial charge in [-0.1, -0.05) is 6.07 Å². The molecule has 0 N–H and O–H groups in total. The summed E-state index contributed by atoms with van der Waals surface area (Å²) in [6, 6.07) is 2.96. The molecule has 0 aliphatic carbocycles. The highest BCUT2D eigenvalue weighted by molar-refractivity contribution is 5.94. The van der Waals surface area contributed by atoms with Crippen LogP contribution in [0.25, 0.3) is 5.69 Å². The van der Waals surface area contributed by atoms with E-state index in [1.54, 1.807) is 0 Å². The molecule has 0 saturated carbocycles. The highest BCUT2D eigenvalue weighted by Gasteiger charge is 2.49. The Morgan fingerprint density at radius 3 is 2.48 bits per heavy atom. The third-order valence-electron chi connectivity index (χ3n) is 5.77. The average molecular weight is 477 g/mol. The van der Waals surface area contributed by atoms with Crippen LogP contribution in [0.3, 0.4) is 0 Å². The van der Waals surface area contributed by atoms with E-state index in [0.29, 0.717) is 10.7 Å². The molecule has 2 aliphatic heterocycles. The van der Waals surface area contributed by atoms with E-state index in [-0.39, 0.29) is 31.7 Å². The zero-order chi connectivity index (χ0) is 24.1. The lowest BCUT2D eigenvalue weighted by molar-refractivity contribution is -0.138. The number of rotatable bonds is 3. The van der Waals surface area contributed by atoms with Crippen molar-refractivity contribution in [2.75, 3.05) is 26.9 Å². The van der Waals surface area contributed by atoms with Gasteiger partial charge in [-0.2, -0.15) is 36.1 Å². The van der Waals surface area contributed by atoms with E-state index in [0.717, 1.165) is 23.1 Å². The molecule has 7 nitrogen and oxygen atoms in total. The smallest absolute Gasteiger partial charge is 0.379 e. The summed E-state index contributed by atoms with van der Waals surface area (Å²) < 4.78 is 91.3. The topological polar surface area (TPSA) is 73.7 Å². The summed E-state index contributed by atoms with van der Waals surface area (Å²) in [5, 5.41) is 3.59. The second kappa shape index (κ2) is 8.13. The largest absolute Gasteiger partial charge is 0.418 e. The van der Waals surface area contributed by atoms with E-state index in [1.807, 2.05) is 0 Å². The SMILES string of the molecule is CO[C@@H]1CN(C(=O)c2nn(-c3cccc(C(F)(F)F)c3)c(=O)cc2C(F)(F)F)[C@H]2COC[C@@H]12. The lowest BCUT2D eigenvalue weighted by Gasteiger charge is -2.24. The number of halogens is 6. The molecular weight excluding hydrogens is 460 g/mol. The van der Waals surface area contributed by atoms with Crippen molar-refractivity contribution < 1.29 is 40.6 Å². The first kappa shape index (κ1) is 23.2.